The number of hydrogen-bond acceptors (Lipinski definition) is 7. The summed E-state index contributed by atoms with van der Waals surface area (Å²) >= 11 is 0. The Labute approximate surface area is 166 Å². The van der Waals surface area contributed by atoms with Crippen LogP contribution in [0.25, 0.3) is 0 Å². The Morgan fingerprint density at radius 2 is 2.03 bits per heavy atom. The molecule has 3 amide bonds. The van der Waals surface area contributed by atoms with E-state index in [1.54, 1.807) is 6.92 Å². The van der Waals surface area contributed by atoms with Crippen molar-refractivity contribution in [2.24, 2.45) is 5.92 Å². The van der Waals surface area contributed by atoms with Crippen LogP contribution in [0.1, 0.15) is 46.9 Å². The van der Waals surface area contributed by atoms with Crippen LogP contribution in [0, 0.1) is 16.0 Å². The van der Waals surface area contributed by atoms with Gasteiger partial charge in [-0.2, -0.15) is 0 Å². The number of nitro benzene ring substituents is 1. The lowest BCUT2D eigenvalue weighted by Gasteiger charge is -2.32. The Morgan fingerprint density at radius 1 is 1.28 bits per heavy atom. The topological polar surface area (TPSA) is 127 Å². The minimum Gasteiger partial charge on any atom is -0.466 e. The summed E-state index contributed by atoms with van der Waals surface area (Å²) in [4.78, 5) is 62.3. The van der Waals surface area contributed by atoms with Crippen LogP contribution in [0.3, 0.4) is 0 Å². The summed E-state index contributed by atoms with van der Waals surface area (Å²) in [5.74, 6) is -2.42. The minimum absolute atomic E-state index is 0.0306. The summed E-state index contributed by atoms with van der Waals surface area (Å²) < 4.78 is 5.02. The molecule has 2 heterocycles. The fraction of sp³-hybridized carbons (Fsp3) is 0.474. The van der Waals surface area contributed by atoms with E-state index in [1.165, 1.54) is 23.1 Å². The molecular weight excluding hydrogens is 382 g/mol. The Bertz CT molecular complexity index is 883. The highest BCUT2D eigenvalue weighted by Gasteiger charge is 2.41. The summed E-state index contributed by atoms with van der Waals surface area (Å²) in [6.07, 6.45) is 1.19. The molecule has 2 aliphatic heterocycles. The number of carbonyl (C=O) groups is 4. The second-order valence-electron chi connectivity index (χ2n) is 6.90. The Balaban J connectivity index is 1.64. The molecule has 1 aromatic carbocycles. The van der Waals surface area contributed by atoms with E-state index in [0.29, 0.717) is 19.4 Å². The van der Waals surface area contributed by atoms with E-state index in [1.807, 2.05) is 0 Å². The van der Waals surface area contributed by atoms with Gasteiger partial charge in [0.15, 0.2) is 0 Å². The van der Waals surface area contributed by atoms with Crippen LogP contribution in [0.4, 0.5) is 5.69 Å². The van der Waals surface area contributed by atoms with Crippen molar-refractivity contribution in [3.8, 4) is 0 Å². The van der Waals surface area contributed by atoms with Crippen molar-refractivity contribution in [3.63, 3.8) is 0 Å². The number of hydrogen-bond donors (Lipinski definition) is 0. The first-order valence-corrected chi connectivity index (χ1v) is 9.43. The van der Waals surface area contributed by atoms with E-state index < -0.39 is 22.4 Å². The van der Waals surface area contributed by atoms with Crippen molar-refractivity contribution in [1.82, 2.24) is 9.80 Å². The first-order chi connectivity index (χ1) is 13.8. The van der Waals surface area contributed by atoms with Crippen LogP contribution in [-0.4, -0.2) is 64.7 Å². The van der Waals surface area contributed by atoms with Crippen LogP contribution < -0.4 is 0 Å². The molecule has 0 aliphatic carbocycles. The van der Waals surface area contributed by atoms with Crippen molar-refractivity contribution >= 4 is 29.4 Å². The lowest BCUT2D eigenvalue weighted by Crippen LogP contribution is -2.44. The first kappa shape index (κ1) is 20.4. The van der Waals surface area contributed by atoms with Crippen LogP contribution in [-0.2, 0) is 14.3 Å². The van der Waals surface area contributed by atoms with Crippen LogP contribution in [0.2, 0.25) is 0 Å². The highest BCUT2D eigenvalue weighted by Crippen LogP contribution is 2.30. The maximum absolute atomic E-state index is 12.6. The van der Waals surface area contributed by atoms with E-state index >= 15 is 0 Å². The van der Waals surface area contributed by atoms with Gasteiger partial charge in [0.25, 0.3) is 17.5 Å². The average Bonchev–Trinajstić information content (AvgIpc) is 2.96. The SMILES string of the molecule is CCOC(=O)C1CCCN(C(=O)CCN2C(=O)c3cccc([N+](=O)[O-])c3C2=O)C1. The van der Waals surface area contributed by atoms with E-state index in [9.17, 15) is 29.3 Å². The molecule has 0 saturated carbocycles. The van der Waals surface area contributed by atoms with E-state index in [4.69, 9.17) is 4.74 Å². The molecule has 3 rings (SSSR count). The predicted octanol–water partition coefficient (Wildman–Crippen LogP) is 1.38. The molecule has 1 aromatic rings. The Kier molecular flexibility index (Phi) is 5.90. The number of benzene rings is 1. The van der Waals surface area contributed by atoms with Crippen LogP contribution in [0.5, 0.6) is 0 Å². The molecule has 0 bridgehead atoms. The number of esters is 1. The maximum atomic E-state index is 12.6. The third-order valence-electron chi connectivity index (χ3n) is 5.12. The number of nitrogens with zero attached hydrogens (tertiary/aromatic N) is 3. The zero-order chi connectivity index (χ0) is 21.1. The lowest BCUT2D eigenvalue weighted by atomic mass is 9.98. The number of piperidine rings is 1. The summed E-state index contributed by atoms with van der Waals surface area (Å²) in [6.45, 7) is 2.54. The van der Waals surface area contributed by atoms with Gasteiger partial charge in [-0.25, -0.2) is 0 Å². The van der Waals surface area contributed by atoms with Gasteiger partial charge in [0.1, 0.15) is 5.56 Å². The quantitative estimate of drug-likeness (QED) is 0.304. The van der Waals surface area contributed by atoms with Crippen molar-refractivity contribution in [3.05, 3.63) is 39.4 Å². The molecule has 0 N–H and O–H groups in total. The molecular formula is C19H21N3O7. The van der Waals surface area contributed by atoms with Crippen molar-refractivity contribution in [1.29, 1.82) is 0 Å². The molecule has 154 valence electrons. The van der Waals surface area contributed by atoms with Gasteiger partial charge >= 0.3 is 5.97 Å². The van der Waals surface area contributed by atoms with Gasteiger partial charge in [-0.3, -0.25) is 34.2 Å². The first-order valence-electron chi connectivity index (χ1n) is 9.43. The zero-order valence-electron chi connectivity index (χ0n) is 16.0. The van der Waals surface area contributed by atoms with Gasteiger partial charge in [0, 0.05) is 32.1 Å². The van der Waals surface area contributed by atoms with Crippen molar-refractivity contribution in [2.45, 2.75) is 26.2 Å². The Hall–Kier alpha value is -3.30. The van der Waals surface area contributed by atoms with E-state index in [-0.39, 0.29) is 55.0 Å². The van der Waals surface area contributed by atoms with Crippen molar-refractivity contribution < 1.29 is 28.8 Å². The predicted molar refractivity (Wildman–Crippen MR) is 99.0 cm³/mol. The zero-order valence-corrected chi connectivity index (χ0v) is 16.0. The molecule has 0 radical (unpaired) electrons. The third kappa shape index (κ3) is 3.96. The maximum Gasteiger partial charge on any atom is 0.310 e. The fourth-order valence-electron chi connectivity index (χ4n) is 3.69. The minimum atomic E-state index is -0.770. The molecule has 2 aliphatic rings. The molecule has 0 aromatic heterocycles. The molecule has 1 saturated heterocycles. The summed E-state index contributed by atoms with van der Waals surface area (Å²) in [6, 6.07) is 3.88. The van der Waals surface area contributed by atoms with E-state index in [0.717, 1.165) is 4.90 Å². The number of ether oxygens (including phenoxy) is 1. The van der Waals surface area contributed by atoms with Crippen molar-refractivity contribution in [2.75, 3.05) is 26.2 Å². The Morgan fingerprint density at radius 3 is 2.72 bits per heavy atom. The van der Waals surface area contributed by atoms with Crippen LogP contribution in [0.15, 0.2) is 18.2 Å². The molecule has 1 fully saturated rings. The smallest absolute Gasteiger partial charge is 0.310 e. The second-order valence-corrected chi connectivity index (χ2v) is 6.90. The fourth-order valence-corrected chi connectivity index (χ4v) is 3.69. The molecule has 10 nitrogen and oxygen atoms in total. The number of imide groups is 1. The highest BCUT2D eigenvalue weighted by atomic mass is 16.6. The van der Waals surface area contributed by atoms with Gasteiger partial charge < -0.3 is 9.64 Å². The van der Waals surface area contributed by atoms with Gasteiger partial charge in [-0.1, -0.05) is 6.07 Å². The number of likely N-dealkylation sites (tertiary alicyclic amines) is 1. The number of nitro groups is 1. The molecule has 1 atom stereocenters. The van der Waals surface area contributed by atoms with Gasteiger partial charge in [-0.15, -0.1) is 0 Å². The molecule has 10 heteroatoms. The van der Waals surface area contributed by atoms with Gasteiger partial charge in [0.2, 0.25) is 5.91 Å². The number of rotatable bonds is 6. The monoisotopic (exact) mass is 403 g/mol. The summed E-state index contributed by atoms with van der Waals surface area (Å²) in [7, 11) is 0. The lowest BCUT2D eigenvalue weighted by molar-refractivity contribution is -0.385. The largest absolute Gasteiger partial charge is 0.466 e. The second kappa shape index (κ2) is 8.38. The molecule has 1 unspecified atom stereocenters. The average molecular weight is 403 g/mol. The number of fused-ring (bicyclic) bond motifs is 1. The summed E-state index contributed by atoms with van der Waals surface area (Å²) in [5.41, 5.74) is -0.699. The highest BCUT2D eigenvalue weighted by molar-refractivity contribution is 6.23. The van der Waals surface area contributed by atoms with Gasteiger partial charge in [-0.05, 0) is 25.8 Å². The normalized spacial score (nSPS) is 18.6. The van der Waals surface area contributed by atoms with Gasteiger partial charge in [0.05, 0.1) is 23.0 Å². The molecule has 29 heavy (non-hydrogen) atoms. The standard InChI is InChI=1S/C19H21N3O7/c1-2-29-19(26)12-5-4-9-20(11-12)15(23)8-10-21-17(24)13-6-3-7-14(22(27)28)16(13)18(21)25/h3,6-7,12H,2,4-5,8-11H2,1H3. The number of carbonyl (C=O) groups excluding carboxylic acids is 4. The van der Waals surface area contributed by atoms with Crippen LogP contribution >= 0.6 is 0 Å². The third-order valence-corrected chi connectivity index (χ3v) is 5.12. The molecule has 0 spiro atoms. The summed E-state index contributed by atoms with van der Waals surface area (Å²) in [5, 5.41) is 11.1. The van der Waals surface area contributed by atoms with E-state index in [2.05, 4.69) is 0 Å². The number of amides is 3.